The normalized spacial score (nSPS) is 14.0. The molecule has 2 aliphatic heterocycles. The van der Waals surface area contributed by atoms with Crippen molar-refractivity contribution >= 4 is 46.9 Å². The molecule has 0 spiro atoms. The van der Waals surface area contributed by atoms with Crippen LogP contribution >= 0.6 is 0 Å². The molecule has 2 heterocycles. The highest BCUT2D eigenvalue weighted by atomic mass is 16.4. The zero-order chi connectivity index (χ0) is 28.3. The molecule has 0 fully saturated rings. The molecule has 2 aliphatic rings. The number of benzene rings is 4. The monoisotopic (exact) mass is 532 g/mol. The Balaban J connectivity index is 1.31. The summed E-state index contributed by atoms with van der Waals surface area (Å²) in [5, 5.41) is 18.2. The van der Waals surface area contributed by atoms with Gasteiger partial charge in [-0.3, -0.25) is 19.2 Å². The lowest BCUT2D eigenvalue weighted by molar-refractivity contribution is 0.0686. The Hall–Kier alpha value is -5.90. The molecule has 0 atom stereocenters. The molecule has 0 bridgehead atoms. The van der Waals surface area contributed by atoms with Crippen LogP contribution in [-0.4, -0.2) is 45.8 Å². The van der Waals surface area contributed by atoms with Gasteiger partial charge in [0.05, 0.1) is 44.8 Å². The van der Waals surface area contributed by atoms with Crippen LogP contribution < -0.4 is 9.80 Å². The number of anilines is 2. The molecule has 0 saturated heterocycles. The van der Waals surface area contributed by atoms with Crippen molar-refractivity contribution in [3.8, 4) is 11.1 Å². The smallest absolute Gasteiger partial charge is 0.335 e. The van der Waals surface area contributed by atoms with Gasteiger partial charge in [-0.15, -0.1) is 0 Å². The first-order valence-electron chi connectivity index (χ1n) is 11.9. The zero-order valence-electron chi connectivity index (χ0n) is 20.3. The Kier molecular flexibility index (Phi) is 5.40. The van der Waals surface area contributed by atoms with E-state index in [0.717, 1.165) is 9.80 Å². The van der Waals surface area contributed by atoms with Crippen LogP contribution in [0.5, 0.6) is 0 Å². The molecule has 10 nitrogen and oxygen atoms in total. The van der Waals surface area contributed by atoms with Crippen LogP contribution in [0.2, 0.25) is 0 Å². The highest BCUT2D eigenvalue weighted by Crippen LogP contribution is 2.35. The standard InChI is InChI=1S/C30H16N2O8/c33-25-21-11-5-17(13-23(21)27(35)31(25)19-7-1-15(2-8-19)29(37)38)18-6-12-22-24(14-18)28(36)32(26(22)34)20-9-3-16(4-10-20)30(39)40/h1-14H,(H,37,38)(H,39,40). The van der Waals surface area contributed by atoms with Crippen LogP contribution in [0, 0.1) is 0 Å². The van der Waals surface area contributed by atoms with E-state index in [2.05, 4.69) is 0 Å². The van der Waals surface area contributed by atoms with Crippen LogP contribution in [0.3, 0.4) is 0 Å². The minimum absolute atomic E-state index is 0.0168. The van der Waals surface area contributed by atoms with Crippen LogP contribution in [0.1, 0.15) is 62.1 Å². The number of fused-ring (bicyclic) bond motifs is 2. The molecule has 0 saturated carbocycles. The highest BCUT2D eigenvalue weighted by molar-refractivity contribution is 6.35. The number of rotatable bonds is 5. The van der Waals surface area contributed by atoms with Gasteiger partial charge in [-0.25, -0.2) is 19.4 Å². The molecule has 40 heavy (non-hydrogen) atoms. The first-order valence-corrected chi connectivity index (χ1v) is 11.9. The van der Waals surface area contributed by atoms with Crippen molar-refractivity contribution in [1.82, 2.24) is 0 Å². The number of carbonyl (C=O) groups excluding carboxylic acids is 4. The van der Waals surface area contributed by atoms with Crippen molar-refractivity contribution in [3.05, 3.63) is 118 Å². The fourth-order valence-corrected chi connectivity index (χ4v) is 4.82. The summed E-state index contributed by atoms with van der Waals surface area (Å²) in [4.78, 5) is 76.6. The van der Waals surface area contributed by atoms with Crippen LogP contribution in [0.15, 0.2) is 84.9 Å². The van der Waals surface area contributed by atoms with Crippen LogP contribution in [-0.2, 0) is 0 Å². The van der Waals surface area contributed by atoms with Gasteiger partial charge < -0.3 is 10.2 Å². The van der Waals surface area contributed by atoms with Crippen molar-refractivity contribution in [1.29, 1.82) is 0 Å². The zero-order valence-corrected chi connectivity index (χ0v) is 20.3. The summed E-state index contributed by atoms with van der Waals surface area (Å²) in [5.74, 6) is -4.51. The number of carboxylic acids is 2. The summed E-state index contributed by atoms with van der Waals surface area (Å²) in [7, 11) is 0. The molecule has 0 aromatic heterocycles. The Morgan fingerprint density at radius 2 is 0.775 bits per heavy atom. The molecule has 0 radical (unpaired) electrons. The topological polar surface area (TPSA) is 149 Å². The summed E-state index contributed by atoms with van der Waals surface area (Å²) in [6, 6.07) is 20.1. The van der Waals surface area contributed by atoms with E-state index in [0.29, 0.717) is 11.1 Å². The number of imide groups is 2. The number of amides is 4. The van der Waals surface area contributed by atoms with Gasteiger partial charge in [0.2, 0.25) is 0 Å². The van der Waals surface area contributed by atoms with E-state index in [1.54, 1.807) is 12.1 Å². The summed E-state index contributed by atoms with van der Waals surface area (Å²) in [6.07, 6.45) is 0. The minimum Gasteiger partial charge on any atom is -0.478 e. The Bertz CT molecular complexity index is 1690. The molecule has 10 heteroatoms. The van der Waals surface area contributed by atoms with Gasteiger partial charge in [-0.2, -0.15) is 0 Å². The summed E-state index contributed by atoms with van der Waals surface area (Å²) < 4.78 is 0. The Labute approximate surface area is 225 Å². The van der Waals surface area contributed by atoms with E-state index < -0.39 is 35.6 Å². The van der Waals surface area contributed by atoms with Gasteiger partial charge >= 0.3 is 11.9 Å². The Morgan fingerprint density at radius 3 is 1.10 bits per heavy atom. The predicted molar refractivity (Wildman–Crippen MR) is 141 cm³/mol. The second-order valence-electron chi connectivity index (χ2n) is 9.12. The molecule has 4 aromatic carbocycles. The van der Waals surface area contributed by atoms with Crippen LogP contribution in [0.25, 0.3) is 11.1 Å². The highest BCUT2D eigenvalue weighted by Gasteiger charge is 2.38. The minimum atomic E-state index is -1.13. The molecule has 0 aliphatic carbocycles. The second-order valence-corrected chi connectivity index (χ2v) is 9.12. The third-order valence-corrected chi connectivity index (χ3v) is 6.85. The molecule has 194 valence electrons. The molecule has 2 N–H and O–H groups in total. The molecule has 4 amide bonds. The van der Waals surface area contributed by atoms with E-state index >= 15 is 0 Å². The first-order chi connectivity index (χ1) is 19.2. The number of nitrogens with zero attached hydrogens (tertiary/aromatic N) is 2. The lowest BCUT2D eigenvalue weighted by Gasteiger charge is -2.13. The maximum Gasteiger partial charge on any atom is 0.335 e. The van der Waals surface area contributed by atoms with E-state index in [9.17, 15) is 28.8 Å². The summed E-state index contributed by atoms with van der Waals surface area (Å²) >= 11 is 0. The molecular weight excluding hydrogens is 516 g/mol. The first kappa shape index (κ1) is 24.4. The van der Waals surface area contributed by atoms with Gasteiger partial charge in [-0.1, -0.05) is 12.1 Å². The van der Waals surface area contributed by atoms with Crippen molar-refractivity contribution in [2.45, 2.75) is 0 Å². The van der Waals surface area contributed by atoms with Gasteiger partial charge in [0, 0.05) is 0 Å². The quantitative estimate of drug-likeness (QED) is 0.360. The molecular formula is C30H16N2O8. The van der Waals surface area contributed by atoms with E-state index in [1.807, 2.05) is 0 Å². The van der Waals surface area contributed by atoms with Crippen molar-refractivity contribution < 1.29 is 39.0 Å². The maximum atomic E-state index is 13.2. The van der Waals surface area contributed by atoms with Crippen LogP contribution in [0.4, 0.5) is 11.4 Å². The van der Waals surface area contributed by atoms with E-state index in [-0.39, 0.29) is 44.8 Å². The predicted octanol–water partition coefficient (Wildman–Crippen LogP) is 4.35. The van der Waals surface area contributed by atoms with Gasteiger partial charge in [0.15, 0.2) is 0 Å². The number of carbonyl (C=O) groups is 6. The van der Waals surface area contributed by atoms with Crippen molar-refractivity contribution in [2.75, 3.05) is 9.80 Å². The molecule has 6 rings (SSSR count). The number of hydrogen-bond donors (Lipinski definition) is 2. The molecule has 4 aromatic rings. The number of carboxylic acid groups (broad SMARTS) is 2. The van der Waals surface area contributed by atoms with Gasteiger partial charge in [0.25, 0.3) is 23.6 Å². The second kappa shape index (κ2) is 8.84. The fraction of sp³-hybridized carbons (Fsp3) is 0. The SMILES string of the molecule is O=C(O)c1ccc(N2C(=O)c3ccc(-c4ccc5c(c4)C(=O)N(c4ccc(C(=O)O)cc4)C5=O)cc3C2=O)cc1. The summed E-state index contributed by atoms with van der Waals surface area (Å²) in [5.41, 5.74) is 2.23. The van der Waals surface area contributed by atoms with E-state index in [1.165, 1.54) is 72.8 Å². The number of aromatic carboxylic acids is 2. The molecule has 0 unspecified atom stereocenters. The van der Waals surface area contributed by atoms with E-state index in [4.69, 9.17) is 10.2 Å². The largest absolute Gasteiger partial charge is 0.478 e. The fourth-order valence-electron chi connectivity index (χ4n) is 4.82. The number of hydrogen-bond acceptors (Lipinski definition) is 6. The maximum absolute atomic E-state index is 13.2. The van der Waals surface area contributed by atoms with Crippen molar-refractivity contribution in [3.63, 3.8) is 0 Å². The lowest BCUT2D eigenvalue weighted by atomic mass is 9.97. The lowest BCUT2D eigenvalue weighted by Crippen LogP contribution is -2.29. The third-order valence-electron chi connectivity index (χ3n) is 6.85. The average Bonchev–Trinajstić information content (AvgIpc) is 3.36. The average molecular weight is 532 g/mol. The third kappa shape index (κ3) is 3.66. The Morgan fingerprint density at radius 1 is 0.450 bits per heavy atom. The van der Waals surface area contributed by atoms with Crippen molar-refractivity contribution in [2.24, 2.45) is 0 Å². The van der Waals surface area contributed by atoms with Gasteiger partial charge in [-0.05, 0) is 83.9 Å². The summed E-state index contributed by atoms with van der Waals surface area (Å²) in [6.45, 7) is 0. The van der Waals surface area contributed by atoms with Gasteiger partial charge in [0.1, 0.15) is 0 Å².